The lowest BCUT2D eigenvalue weighted by Gasteiger charge is -2.26. The first-order chi connectivity index (χ1) is 25.5. The number of carbonyl (C=O) groups excluding carboxylic acids is 3. The quantitative estimate of drug-likeness (QED) is 0.155. The predicted octanol–water partition coefficient (Wildman–Crippen LogP) is 6.75. The van der Waals surface area contributed by atoms with Crippen LogP contribution in [0.2, 0.25) is 0 Å². The van der Waals surface area contributed by atoms with Crippen LogP contribution in [-0.4, -0.2) is 76.3 Å². The first-order valence-corrected chi connectivity index (χ1v) is 17.2. The first kappa shape index (κ1) is 37.0. The van der Waals surface area contributed by atoms with E-state index >= 15 is 0 Å². The molecule has 0 spiro atoms. The molecule has 6 rings (SSSR count). The first-order valence-electron chi connectivity index (χ1n) is 17.2. The summed E-state index contributed by atoms with van der Waals surface area (Å²) in [5.41, 5.74) is 1.23. The maximum Gasteiger partial charge on any atom is 0.416 e. The van der Waals surface area contributed by atoms with Gasteiger partial charge in [-0.3, -0.25) is 19.5 Å². The normalized spacial score (nSPS) is 17.6. The number of likely N-dealkylation sites (tertiary alicyclic amines) is 1. The highest BCUT2D eigenvalue weighted by molar-refractivity contribution is 6.18. The van der Waals surface area contributed by atoms with Crippen LogP contribution in [0.1, 0.15) is 53.0 Å². The van der Waals surface area contributed by atoms with Crippen LogP contribution in [0.4, 0.5) is 23.7 Å². The molecule has 2 fully saturated rings. The molecule has 2 aliphatic rings. The van der Waals surface area contributed by atoms with Gasteiger partial charge in [0, 0.05) is 30.0 Å². The molecule has 13 heteroatoms. The van der Waals surface area contributed by atoms with Crippen molar-refractivity contribution in [2.24, 2.45) is 4.99 Å². The molecule has 0 aromatic heterocycles. The van der Waals surface area contributed by atoms with Crippen molar-refractivity contribution in [1.82, 2.24) is 9.80 Å². The second kappa shape index (κ2) is 16.2. The molecule has 274 valence electrons. The lowest BCUT2D eigenvalue weighted by atomic mass is 9.86. The van der Waals surface area contributed by atoms with Gasteiger partial charge in [-0.1, -0.05) is 97.1 Å². The van der Waals surface area contributed by atoms with Crippen molar-refractivity contribution < 1.29 is 42.2 Å². The number of carbonyl (C=O) groups is 4. The van der Waals surface area contributed by atoms with E-state index in [0.29, 0.717) is 29.8 Å². The molecule has 0 aliphatic carbocycles. The van der Waals surface area contributed by atoms with Crippen molar-refractivity contribution in [3.63, 3.8) is 0 Å². The van der Waals surface area contributed by atoms with Gasteiger partial charge in [-0.2, -0.15) is 13.2 Å². The smallest absolute Gasteiger partial charge is 0.416 e. The average molecular weight is 727 g/mol. The maximum atomic E-state index is 13.9. The van der Waals surface area contributed by atoms with Crippen LogP contribution in [0.3, 0.4) is 0 Å². The molecule has 2 aliphatic heterocycles. The Labute approximate surface area is 303 Å². The number of cyclic esters (lactones) is 1. The SMILES string of the molecule is O=C(O)[C@@H](N=C(c1ccccc1)c1ccccc1NC(=O)[C@@H]1CCCN1Cc1ccccc1)[C@H](CC(=O)N1CCOC1=O)c1cccc(C(F)(F)F)c1. The van der Waals surface area contributed by atoms with Crippen LogP contribution in [-0.2, 0) is 31.8 Å². The van der Waals surface area contributed by atoms with Crippen LogP contribution in [0.25, 0.3) is 0 Å². The number of aliphatic imine (C=N–C) groups is 1. The molecular weight excluding hydrogens is 689 g/mol. The van der Waals surface area contributed by atoms with Crippen molar-refractivity contribution in [3.8, 4) is 0 Å². The van der Waals surface area contributed by atoms with E-state index in [1.54, 1.807) is 54.6 Å². The van der Waals surface area contributed by atoms with E-state index in [1.165, 1.54) is 6.07 Å². The lowest BCUT2D eigenvalue weighted by molar-refractivity contribution is -0.139. The van der Waals surface area contributed by atoms with Gasteiger partial charge in [0.2, 0.25) is 11.8 Å². The van der Waals surface area contributed by atoms with E-state index < -0.39 is 54.1 Å². The van der Waals surface area contributed by atoms with Crippen LogP contribution < -0.4 is 5.32 Å². The highest BCUT2D eigenvalue weighted by Gasteiger charge is 2.38. The Hall–Kier alpha value is -5.82. The van der Waals surface area contributed by atoms with E-state index in [2.05, 4.69) is 10.2 Å². The summed E-state index contributed by atoms with van der Waals surface area (Å²) in [6.45, 7) is 1.17. The molecular formula is C40H37F3N4O6. The number of carboxylic acids is 1. The summed E-state index contributed by atoms with van der Waals surface area (Å²) in [7, 11) is 0. The Bertz CT molecular complexity index is 1990. The number of rotatable bonds is 12. The van der Waals surface area contributed by atoms with Crippen molar-refractivity contribution in [3.05, 3.63) is 137 Å². The third-order valence-corrected chi connectivity index (χ3v) is 9.38. The summed E-state index contributed by atoms with van der Waals surface area (Å²) in [4.78, 5) is 60.3. The van der Waals surface area contributed by atoms with E-state index in [9.17, 15) is 37.5 Å². The van der Waals surface area contributed by atoms with E-state index in [4.69, 9.17) is 9.73 Å². The zero-order valence-electron chi connectivity index (χ0n) is 28.5. The number of ether oxygens (including phenoxy) is 1. The van der Waals surface area contributed by atoms with Gasteiger partial charge in [0.1, 0.15) is 6.61 Å². The van der Waals surface area contributed by atoms with E-state index in [1.807, 2.05) is 30.3 Å². The van der Waals surface area contributed by atoms with Gasteiger partial charge in [-0.25, -0.2) is 14.5 Å². The third-order valence-electron chi connectivity index (χ3n) is 9.38. The minimum Gasteiger partial charge on any atom is -0.480 e. The topological polar surface area (TPSA) is 129 Å². The second-order valence-electron chi connectivity index (χ2n) is 12.9. The number of anilines is 1. The number of aliphatic carboxylic acids is 1. The van der Waals surface area contributed by atoms with Gasteiger partial charge in [0.25, 0.3) is 0 Å². The van der Waals surface area contributed by atoms with Gasteiger partial charge in [-0.15, -0.1) is 0 Å². The van der Waals surface area contributed by atoms with Gasteiger partial charge < -0.3 is 15.2 Å². The molecule has 4 aromatic rings. The fourth-order valence-electron chi connectivity index (χ4n) is 6.77. The Balaban J connectivity index is 1.40. The number of alkyl halides is 3. The summed E-state index contributed by atoms with van der Waals surface area (Å²) in [5, 5.41) is 13.7. The molecule has 10 nitrogen and oxygen atoms in total. The fraction of sp³-hybridized carbons (Fsp3) is 0.275. The number of carboxylic acid groups (broad SMARTS) is 1. The Morgan fingerprint density at radius 2 is 1.60 bits per heavy atom. The number of nitrogens with zero attached hydrogens (tertiary/aromatic N) is 3. The zero-order valence-corrected chi connectivity index (χ0v) is 28.5. The van der Waals surface area contributed by atoms with Crippen LogP contribution >= 0.6 is 0 Å². The largest absolute Gasteiger partial charge is 0.480 e. The van der Waals surface area contributed by atoms with Gasteiger partial charge >= 0.3 is 18.2 Å². The third kappa shape index (κ3) is 8.80. The van der Waals surface area contributed by atoms with E-state index in [-0.39, 0.29) is 30.3 Å². The number of amides is 3. The highest BCUT2D eigenvalue weighted by Crippen LogP contribution is 2.35. The van der Waals surface area contributed by atoms with Crippen molar-refractivity contribution in [2.75, 3.05) is 25.0 Å². The molecule has 3 amide bonds. The number of nitrogens with one attached hydrogen (secondary N) is 1. The number of hydrogen-bond donors (Lipinski definition) is 2. The molecule has 0 radical (unpaired) electrons. The summed E-state index contributed by atoms with van der Waals surface area (Å²) < 4.78 is 46.5. The van der Waals surface area contributed by atoms with Crippen LogP contribution in [0, 0.1) is 0 Å². The summed E-state index contributed by atoms with van der Waals surface area (Å²) in [6, 6.07) is 27.0. The van der Waals surface area contributed by atoms with Crippen molar-refractivity contribution in [1.29, 1.82) is 0 Å². The maximum absolute atomic E-state index is 13.9. The van der Waals surface area contributed by atoms with E-state index in [0.717, 1.165) is 41.6 Å². The second-order valence-corrected chi connectivity index (χ2v) is 12.9. The molecule has 0 saturated carbocycles. The number of halogens is 3. The van der Waals surface area contributed by atoms with Crippen molar-refractivity contribution in [2.45, 2.75) is 50.0 Å². The number of benzene rings is 4. The van der Waals surface area contributed by atoms with Crippen molar-refractivity contribution >= 4 is 35.3 Å². The summed E-state index contributed by atoms with van der Waals surface area (Å²) in [5.74, 6) is -4.03. The molecule has 2 N–H and O–H groups in total. The van der Waals surface area contributed by atoms with Gasteiger partial charge in [0.15, 0.2) is 6.04 Å². The number of para-hydroxylation sites is 1. The Morgan fingerprint density at radius 3 is 2.28 bits per heavy atom. The van der Waals surface area contributed by atoms with Gasteiger partial charge in [-0.05, 0) is 42.6 Å². The lowest BCUT2D eigenvalue weighted by Crippen LogP contribution is -2.39. The zero-order chi connectivity index (χ0) is 37.5. The minimum atomic E-state index is -4.76. The molecule has 4 aromatic carbocycles. The Morgan fingerprint density at radius 1 is 0.906 bits per heavy atom. The number of hydrogen-bond acceptors (Lipinski definition) is 7. The van der Waals surface area contributed by atoms with Crippen LogP contribution in [0.15, 0.2) is 114 Å². The molecule has 2 saturated heterocycles. The predicted molar refractivity (Wildman–Crippen MR) is 190 cm³/mol. The monoisotopic (exact) mass is 726 g/mol. The van der Waals surface area contributed by atoms with Crippen LogP contribution in [0.5, 0.6) is 0 Å². The average Bonchev–Trinajstić information content (AvgIpc) is 3.81. The minimum absolute atomic E-state index is 0.0646. The molecule has 0 bridgehead atoms. The highest BCUT2D eigenvalue weighted by atomic mass is 19.4. The molecule has 3 atom stereocenters. The molecule has 53 heavy (non-hydrogen) atoms. The molecule has 2 heterocycles. The Kier molecular flexibility index (Phi) is 11.3. The molecule has 0 unspecified atom stereocenters. The summed E-state index contributed by atoms with van der Waals surface area (Å²) in [6.07, 6.45) is -4.87. The standard InChI is InChI=1S/C40H37F3N4O6/c41-40(42,43)29-16-9-15-28(23-29)31(24-34(48)47-21-22-53-39(47)52)36(38(50)51)45-35(27-13-5-2-6-14-27)30-17-7-8-18-32(30)44-37(49)33-19-10-20-46(33)25-26-11-3-1-4-12-26/h1-9,11-18,23,31,33,36H,10,19-22,24-25H2,(H,44,49)(H,50,51)/t31-,33+,36+/m1/s1. The number of imide groups is 1. The van der Waals surface area contributed by atoms with Gasteiger partial charge in [0.05, 0.1) is 29.5 Å². The fourth-order valence-corrected chi connectivity index (χ4v) is 6.77. The summed E-state index contributed by atoms with van der Waals surface area (Å²) >= 11 is 0.